The van der Waals surface area contributed by atoms with Crippen molar-refractivity contribution in [2.75, 3.05) is 12.4 Å². The molecule has 3 aromatic rings. The largest absolute Gasteiger partial charge is 0.465 e. The summed E-state index contributed by atoms with van der Waals surface area (Å²) < 4.78 is 6.23. The van der Waals surface area contributed by atoms with E-state index < -0.39 is 11.9 Å². The van der Waals surface area contributed by atoms with Crippen LogP contribution in [0.25, 0.3) is 0 Å². The van der Waals surface area contributed by atoms with Gasteiger partial charge >= 0.3 is 5.97 Å². The summed E-state index contributed by atoms with van der Waals surface area (Å²) in [6.45, 7) is 0.420. The number of amides is 1. The van der Waals surface area contributed by atoms with Crippen molar-refractivity contribution in [3.05, 3.63) is 81.5 Å². The normalized spacial score (nSPS) is 10.5. The quantitative estimate of drug-likeness (QED) is 0.645. The number of hydrogen-bond acceptors (Lipinski definition) is 4. The fourth-order valence-corrected chi connectivity index (χ4v) is 2.81. The number of aromatic nitrogens is 2. The van der Waals surface area contributed by atoms with E-state index in [2.05, 4.69) is 15.2 Å². The van der Waals surface area contributed by atoms with Crippen LogP contribution in [0.3, 0.4) is 0 Å². The van der Waals surface area contributed by atoms with E-state index in [9.17, 15) is 9.59 Å². The van der Waals surface area contributed by atoms with Crippen LogP contribution in [0.15, 0.2) is 54.7 Å². The predicted molar refractivity (Wildman–Crippen MR) is 104 cm³/mol. The Bertz CT molecular complexity index is 984. The van der Waals surface area contributed by atoms with Gasteiger partial charge in [-0.3, -0.25) is 9.48 Å². The van der Waals surface area contributed by atoms with Crippen LogP contribution in [0.5, 0.6) is 0 Å². The third-order valence-electron chi connectivity index (χ3n) is 3.81. The first-order valence-electron chi connectivity index (χ1n) is 7.94. The van der Waals surface area contributed by atoms with Gasteiger partial charge in [-0.15, -0.1) is 0 Å². The average Bonchev–Trinajstić information content (AvgIpc) is 3.02. The lowest BCUT2D eigenvalue weighted by Crippen LogP contribution is -2.13. The van der Waals surface area contributed by atoms with Gasteiger partial charge in [0.15, 0.2) is 5.82 Å². The van der Waals surface area contributed by atoms with E-state index in [4.69, 9.17) is 23.2 Å². The molecular weight excluding hydrogens is 389 g/mol. The van der Waals surface area contributed by atoms with Crippen molar-refractivity contribution >= 4 is 40.9 Å². The molecule has 0 radical (unpaired) electrons. The lowest BCUT2D eigenvalue weighted by molar-refractivity contribution is 0.0600. The monoisotopic (exact) mass is 403 g/mol. The van der Waals surface area contributed by atoms with Crippen molar-refractivity contribution in [3.63, 3.8) is 0 Å². The number of carbonyl (C=O) groups is 2. The highest BCUT2D eigenvalue weighted by atomic mass is 35.5. The van der Waals surface area contributed by atoms with Gasteiger partial charge in [0.2, 0.25) is 0 Å². The third-order valence-corrected chi connectivity index (χ3v) is 4.45. The number of rotatable bonds is 5. The minimum absolute atomic E-state index is 0.241. The number of methoxy groups -OCH3 is 1. The van der Waals surface area contributed by atoms with Crippen molar-refractivity contribution in [1.82, 2.24) is 9.78 Å². The van der Waals surface area contributed by atoms with Gasteiger partial charge in [0.05, 0.1) is 19.2 Å². The summed E-state index contributed by atoms with van der Waals surface area (Å²) in [5, 5.41) is 7.88. The van der Waals surface area contributed by atoms with E-state index in [1.807, 2.05) is 18.2 Å². The lowest BCUT2D eigenvalue weighted by Gasteiger charge is -2.05. The Morgan fingerprint density at radius 2 is 1.70 bits per heavy atom. The number of ether oxygens (including phenoxy) is 1. The fourth-order valence-electron chi connectivity index (χ4n) is 2.42. The Hall–Kier alpha value is -2.83. The highest BCUT2D eigenvalue weighted by molar-refractivity contribution is 6.33. The van der Waals surface area contributed by atoms with Gasteiger partial charge in [-0.2, -0.15) is 5.10 Å². The molecule has 0 aliphatic heterocycles. The maximum Gasteiger partial charge on any atom is 0.337 e. The summed E-state index contributed by atoms with van der Waals surface area (Å²) in [5.74, 6) is -0.620. The zero-order valence-corrected chi connectivity index (χ0v) is 15.8. The molecule has 0 aliphatic rings. The Labute approximate surface area is 165 Å². The zero-order valence-electron chi connectivity index (χ0n) is 14.3. The molecular formula is C19H15Cl2N3O3. The number of carbonyl (C=O) groups excluding carboxylic acids is 2. The van der Waals surface area contributed by atoms with Crippen molar-refractivity contribution in [3.8, 4) is 0 Å². The summed E-state index contributed by atoms with van der Waals surface area (Å²) in [7, 11) is 1.30. The Balaban J connectivity index is 1.72. The van der Waals surface area contributed by atoms with Crippen LogP contribution in [0.4, 0.5) is 5.82 Å². The lowest BCUT2D eigenvalue weighted by atomic mass is 10.1. The maximum absolute atomic E-state index is 12.4. The molecule has 138 valence electrons. The first kappa shape index (κ1) is 18.9. The van der Waals surface area contributed by atoms with Crippen molar-refractivity contribution in [1.29, 1.82) is 0 Å². The molecule has 8 heteroatoms. The first-order valence-corrected chi connectivity index (χ1v) is 8.69. The Morgan fingerprint density at radius 3 is 2.37 bits per heavy atom. The zero-order chi connectivity index (χ0) is 19.4. The predicted octanol–water partition coefficient (Wildman–Crippen LogP) is 4.28. The molecule has 3 rings (SSSR count). The summed E-state index contributed by atoms with van der Waals surface area (Å²) in [6, 6.07) is 13.5. The fraction of sp³-hybridized carbons (Fsp3) is 0.105. The van der Waals surface area contributed by atoms with Gasteiger partial charge in [0.25, 0.3) is 5.91 Å². The van der Waals surface area contributed by atoms with Gasteiger partial charge in [0.1, 0.15) is 5.02 Å². The van der Waals surface area contributed by atoms with Crippen molar-refractivity contribution in [2.45, 2.75) is 6.54 Å². The summed E-state index contributed by atoms with van der Waals surface area (Å²) >= 11 is 12.3. The topological polar surface area (TPSA) is 73.2 Å². The van der Waals surface area contributed by atoms with E-state index in [1.54, 1.807) is 16.9 Å². The number of anilines is 1. The molecule has 0 unspecified atom stereocenters. The number of halogens is 2. The number of nitrogens with zero attached hydrogens (tertiary/aromatic N) is 2. The molecule has 0 spiro atoms. The van der Waals surface area contributed by atoms with Gasteiger partial charge in [-0.25, -0.2) is 4.79 Å². The third kappa shape index (κ3) is 4.48. The van der Waals surface area contributed by atoms with Crippen LogP contribution < -0.4 is 5.32 Å². The van der Waals surface area contributed by atoms with E-state index in [0.717, 1.165) is 5.56 Å². The van der Waals surface area contributed by atoms with Crippen LogP contribution in [0.1, 0.15) is 26.3 Å². The van der Waals surface area contributed by atoms with Crippen LogP contribution in [-0.2, 0) is 11.3 Å². The molecule has 6 nitrogen and oxygen atoms in total. The van der Waals surface area contributed by atoms with E-state index in [1.165, 1.54) is 31.4 Å². The highest BCUT2D eigenvalue weighted by Gasteiger charge is 2.14. The Morgan fingerprint density at radius 1 is 1.04 bits per heavy atom. The minimum Gasteiger partial charge on any atom is -0.465 e. The number of benzene rings is 2. The molecule has 1 amide bonds. The molecule has 2 aromatic carbocycles. The second kappa shape index (κ2) is 8.24. The van der Waals surface area contributed by atoms with E-state index in [-0.39, 0.29) is 5.82 Å². The number of hydrogen-bond donors (Lipinski definition) is 1. The van der Waals surface area contributed by atoms with E-state index in [0.29, 0.717) is 27.7 Å². The number of esters is 1. The molecule has 0 saturated carbocycles. The molecule has 1 heterocycles. The van der Waals surface area contributed by atoms with Gasteiger partial charge in [0, 0.05) is 16.8 Å². The standard InChI is InChI=1S/C19H15Cl2N3O3/c1-27-19(26)13-8-6-12(7-9-13)18(25)22-17-16(21)11-24(23-17)10-14-4-2-3-5-15(14)20/h2-9,11H,10H2,1H3,(H,22,23,25). The van der Waals surface area contributed by atoms with Crippen molar-refractivity contribution in [2.24, 2.45) is 0 Å². The summed E-state index contributed by atoms with van der Waals surface area (Å²) in [5.41, 5.74) is 1.60. The van der Waals surface area contributed by atoms with Gasteiger partial charge in [-0.1, -0.05) is 41.4 Å². The second-order valence-electron chi connectivity index (χ2n) is 5.64. The smallest absolute Gasteiger partial charge is 0.337 e. The van der Waals surface area contributed by atoms with Crippen LogP contribution in [0.2, 0.25) is 10.0 Å². The molecule has 0 bridgehead atoms. The Kier molecular flexibility index (Phi) is 5.78. The van der Waals surface area contributed by atoms with Crippen molar-refractivity contribution < 1.29 is 14.3 Å². The van der Waals surface area contributed by atoms with E-state index >= 15 is 0 Å². The van der Waals surface area contributed by atoms with Gasteiger partial charge < -0.3 is 10.1 Å². The highest BCUT2D eigenvalue weighted by Crippen LogP contribution is 2.22. The molecule has 0 atom stereocenters. The van der Waals surface area contributed by atoms with Crippen LogP contribution in [0, 0.1) is 0 Å². The molecule has 1 aromatic heterocycles. The molecule has 0 saturated heterocycles. The molecule has 1 N–H and O–H groups in total. The molecule has 0 fully saturated rings. The molecule has 27 heavy (non-hydrogen) atoms. The number of nitrogens with one attached hydrogen (secondary N) is 1. The second-order valence-corrected chi connectivity index (χ2v) is 6.45. The van der Waals surface area contributed by atoms with Gasteiger partial charge in [-0.05, 0) is 35.9 Å². The summed E-state index contributed by atoms with van der Waals surface area (Å²) in [6.07, 6.45) is 1.61. The minimum atomic E-state index is -0.469. The first-order chi connectivity index (χ1) is 13.0. The van der Waals surface area contributed by atoms with Crippen LogP contribution >= 0.6 is 23.2 Å². The maximum atomic E-state index is 12.4. The SMILES string of the molecule is COC(=O)c1ccc(C(=O)Nc2nn(Cc3ccccc3Cl)cc2Cl)cc1. The average molecular weight is 404 g/mol. The molecule has 0 aliphatic carbocycles. The van der Waals surface area contributed by atoms with Crippen LogP contribution in [-0.4, -0.2) is 28.8 Å². The summed E-state index contributed by atoms with van der Waals surface area (Å²) in [4.78, 5) is 23.8.